The smallest absolute Gasteiger partial charge is 0.339 e. The summed E-state index contributed by atoms with van der Waals surface area (Å²) in [5, 5.41) is 8.48. The van der Waals surface area contributed by atoms with Crippen LogP contribution < -0.4 is 20.1 Å². The molecule has 10 nitrogen and oxygen atoms in total. The van der Waals surface area contributed by atoms with Crippen molar-refractivity contribution in [2.75, 3.05) is 30.5 Å². The monoisotopic (exact) mass is 526 g/mol. The van der Waals surface area contributed by atoms with E-state index in [4.69, 9.17) is 14.6 Å². The molecule has 1 aliphatic heterocycles. The molecule has 1 aromatic carbocycles. The van der Waals surface area contributed by atoms with Gasteiger partial charge in [-0.3, -0.25) is 4.79 Å². The Morgan fingerprint density at radius 1 is 1.11 bits per heavy atom. The van der Waals surface area contributed by atoms with Crippen LogP contribution in [-0.2, 0) is 30.9 Å². The third-order valence-corrected chi connectivity index (χ3v) is 6.71. The van der Waals surface area contributed by atoms with E-state index in [0.717, 1.165) is 0 Å². The van der Waals surface area contributed by atoms with Gasteiger partial charge in [-0.25, -0.2) is 9.93 Å². The number of nitrogens with one attached hydrogen (secondary N) is 2. The van der Waals surface area contributed by atoms with E-state index in [1.165, 1.54) is 7.11 Å². The van der Waals surface area contributed by atoms with E-state index in [-0.39, 0.29) is 18.9 Å². The van der Waals surface area contributed by atoms with Gasteiger partial charge in [0.15, 0.2) is 0 Å². The number of hydrogen-bond acceptors (Lipinski definition) is 7. The molecule has 0 saturated carbocycles. The molecule has 1 atom stereocenters. The lowest BCUT2D eigenvalue weighted by atomic mass is 9.91. The zero-order chi connectivity index (χ0) is 27.9. The normalized spacial score (nSPS) is 18.2. The SMILES string of the molecule is CCCN1c2c(c(C)c(C(=O)OC(C)(C)C)c(C)c2NC(=O)C(C)(C)C)CC1(COC)NS(N)(=O)=O. The molecular formula is C25H42N4O6S. The Labute approximate surface area is 215 Å². The second-order valence-electron chi connectivity index (χ2n) is 11.5. The summed E-state index contributed by atoms with van der Waals surface area (Å²) in [6.45, 7) is 16.7. The Hall–Kier alpha value is -2.21. The molecule has 36 heavy (non-hydrogen) atoms. The van der Waals surface area contributed by atoms with Gasteiger partial charge in [0, 0.05) is 25.5 Å². The van der Waals surface area contributed by atoms with Crippen LogP contribution in [0.3, 0.4) is 0 Å². The van der Waals surface area contributed by atoms with Crippen LogP contribution in [0, 0.1) is 19.3 Å². The molecule has 1 unspecified atom stereocenters. The maximum atomic E-state index is 13.4. The minimum absolute atomic E-state index is 0.00890. The molecule has 0 bridgehead atoms. The average Bonchev–Trinajstić information content (AvgIpc) is 2.96. The van der Waals surface area contributed by atoms with Gasteiger partial charge in [-0.15, -0.1) is 0 Å². The molecule has 0 saturated heterocycles. The molecule has 1 aliphatic rings. The second kappa shape index (κ2) is 10.3. The number of ether oxygens (including phenoxy) is 2. The molecule has 0 aromatic heterocycles. The summed E-state index contributed by atoms with van der Waals surface area (Å²) in [5.74, 6) is -0.760. The first kappa shape index (κ1) is 30.0. The van der Waals surface area contributed by atoms with Gasteiger partial charge in [0.1, 0.15) is 11.3 Å². The van der Waals surface area contributed by atoms with Gasteiger partial charge in [0.05, 0.1) is 23.5 Å². The van der Waals surface area contributed by atoms with Crippen molar-refractivity contribution in [3.05, 3.63) is 22.3 Å². The summed E-state index contributed by atoms with van der Waals surface area (Å²) in [6.07, 6.45) is 0.850. The fraction of sp³-hybridized carbons (Fsp3) is 0.680. The lowest BCUT2D eigenvalue weighted by Crippen LogP contribution is -2.63. The quantitative estimate of drug-likeness (QED) is 0.442. The zero-order valence-corrected chi connectivity index (χ0v) is 24.0. The van der Waals surface area contributed by atoms with Crippen molar-refractivity contribution in [1.29, 1.82) is 0 Å². The minimum atomic E-state index is -4.14. The van der Waals surface area contributed by atoms with E-state index in [1.54, 1.807) is 48.5 Å². The highest BCUT2D eigenvalue weighted by Gasteiger charge is 2.49. The Kier molecular flexibility index (Phi) is 8.57. The van der Waals surface area contributed by atoms with Gasteiger partial charge in [-0.1, -0.05) is 27.7 Å². The fourth-order valence-electron chi connectivity index (χ4n) is 4.57. The molecule has 2 rings (SSSR count). The van der Waals surface area contributed by atoms with E-state index in [1.807, 2.05) is 18.7 Å². The largest absolute Gasteiger partial charge is 0.456 e. The summed E-state index contributed by atoms with van der Waals surface area (Å²) in [7, 11) is -2.66. The first-order valence-corrected chi connectivity index (χ1v) is 13.6. The second-order valence-corrected chi connectivity index (χ2v) is 12.8. The van der Waals surface area contributed by atoms with Crippen LogP contribution in [0.5, 0.6) is 0 Å². The molecule has 0 radical (unpaired) electrons. The predicted molar refractivity (Wildman–Crippen MR) is 141 cm³/mol. The summed E-state index contributed by atoms with van der Waals surface area (Å²) >= 11 is 0. The molecule has 1 heterocycles. The minimum Gasteiger partial charge on any atom is -0.456 e. The number of nitrogens with zero attached hydrogens (tertiary/aromatic N) is 1. The number of rotatable bonds is 8. The lowest BCUT2D eigenvalue weighted by molar-refractivity contribution is -0.123. The van der Waals surface area contributed by atoms with Crippen LogP contribution in [0.15, 0.2) is 0 Å². The van der Waals surface area contributed by atoms with Crippen LogP contribution in [0.4, 0.5) is 11.4 Å². The third-order valence-electron chi connectivity index (χ3n) is 6.04. The number of amides is 1. The Bertz CT molecular complexity index is 1130. The van der Waals surface area contributed by atoms with Crippen LogP contribution in [0.2, 0.25) is 0 Å². The van der Waals surface area contributed by atoms with Gasteiger partial charge >= 0.3 is 5.97 Å². The van der Waals surface area contributed by atoms with E-state index in [0.29, 0.717) is 46.6 Å². The van der Waals surface area contributed by atoms with Crippen molar-refractivity contribution in [3.8, 4) is 0 Å². The van der Waals surface area contributed by atoms with Gasteiger partial charge in [-0.05, 0) is 57.7 Å². The standard InChI is InChI=1S/C25H42N4O6S/c1-11-12-29-20-17(13-25(29,14-34-10)28-36(26,32)33)15(2)18(21(30)35-24(7,8)9)16(3)19(20)27-22(31)23(4,5)6/h28H,11-14H2,1-10H3,(H,27,31)(H2,26,32,33). The van der Waals surface area contributed by atoms with Crippen LogP contribution >= 0.6 is 0 Å². The average molecular weight is 527 g/mol. The Balaban J connectivity index is 2.93. The number of carbonyl (C=O) groups is 2. The number of anilines is 2. The Morgan fingerprint density at radius 2 is 1.69 bits per heavy atom. The summed E-state index contributed by atoms with van der Waals surface area (Å²) in [4.78, 5) is 28.4. The molecule has 11 heteroatoms. The van der Waals surface area contributed by atoms with Crippen molar-refractivity contribution < 1.29 is 27.5 Å². The molecule has 0 fully saturated rings. The highest BCUT2D eigenvalue weighted by molar-refractivity contribution is 7.87. The van der Waals surface area contributed by atoms with E-state index in [2.05, 4.69) is 10.0 Å². The van der Waals surface area contributed by atoms with Crippen LogP contribution in [-0.4, -0.2) is 51.8 Å². The molecule has 204 valence electrons. The van der Waals surface area contributed by atoms with Crippen molar-refractivity contribution in [2.24, 2.45) is 10.6 Å². The lowest BCUT2D eigenvalue weighted by Gasteiger charge is -2.40. The van der Waals surface area contributed by atoms with E-state index in [9.17, 15) is 18.0 Å². The first-order valence-electron chi connectivity index (χ1n) is 12.1. The van der Waals surface area contributed by atoms with Crippen molar-refractivity contribution in [1.82, 2.24) is 4.72 Å². The molecule has 0 aliphatic carbocycles. The van der Waals surface area contributed by atoms with Crippen LogP contribution in [0.1, 0.15) is 81.9 Å². The number of benzene rings is 1. The molecule has 0 spiro atoms. The van der Waals surface area contributed by atoms with E-state index >= 15 is 0 Å². The zero-order valence-electron chi connectivity index (χ0n) is 23.2. The molecule has 1 aromatic rings. The topological polar surface area (TPSA) is 140 Å². The summed E-state index contributed by atoms with van der Waals surface area (Å²) < 4.78 is 38.3. The van der Waals surface area contributed by atoms with Crippen molar-refractivity contribution >= 4 is 33.5 Å². The fourth-order valence-corrected chi connectivity index (χ4v) is 5.34. The predicted octanol–water partition coefficient (Wildman–Crippen LogP) is 3.15. The third kappa shape index (κ3) is 6.37. The number of fused-ring (bicyclic) bond motifs is 1. The molecular weight excluding hydrogens is 484 g/mol. The molecule has 1 amide bonds. The number of methoxy groups -OCH3 is 1. The summed E-state index contributed by atoms with van der Waals surface area (Å²) in [5.41, 5.74) is 0.652. The van der Waals surface area contributed by atoms with Gasteiger partial charge in [0.2, 0.25) is 5.91 Å². The van der Waals surface area contributed by atoms with Gasteiger partial charge in [0.25, 0.3) is 10.2 Å². The highest BCUT2D eigenvalue weighted by atomic mass is 32.2. The number of hydrogen-bond donors (Lipinski definition) is 3. The summed E-state index contributed by atoms with van der Waals surface area (Å²) in [6, 6.07) is 0. The number of nitrogens with two attached hydrogens (primary N) is 1. The maximum Gasteiger partial charge on any atom is 0.339 e. The number of esters is 1. The van der Waals surface area contributed by atoms with Crippen molar-refractivity contribution in [3.63, 3.8) is 0 Å². The van der Waals surface area contributed by atoms with Crippen molar-refractivity contribution in [2.45, 2.75) is 86.4 Å². The maximum absolute atomic E-state index is 13.4. The van der Waals surface area contributed by atoms with Crippen LogP contribution in [0.25, 0.3) is 0 Å². The number of carbonyl (C=O) groups excluding carboxylic acids is 2. The van der Waals surface area contributed by atoms with E-state index < -0.39 is 32.9 Å². The highest BCUT2D eigenvalue weighted by Crippen LogP contribution is 2.48. The molecule has 4 N–H and O–H groups in total. The Morgan fingerprint density at radius 3 is 2.14 bits per heavy atom. The first-order chi connectivity index (χ1) is 16.3. The van der Waals surface area contributed by atoms with Gasteiger partial charge < -0.3 is 19.7 Å². The van der Waals surface area contributed by atoms with Gasteiger partial charge in [-0.2, -0.15) is 13.1 Å².